The van der Waals surface area contributed by atoms with Gasteiger partial charge in [0.2, 0.25) is 0 Å². The Morgan fingerprint density at radius 3 is 2.56 bits per heavy atom. The largest absolute Gasteiger partial charge is 0.330 e. The van der Waals surface area contributed by atoms with E-state index in [1.807, 2.05) is 4.90 Å². The molecule has 1 aliphatic heterocycles. The summed E-state index contributed by atoms with van der Waals surface area (Å²) in [4.78, 5) is 18.8. The van der Waals surface area contributed by atoms with Gasteiger partial charge in [-0.2, -0.15) is 0 Å². The van der Waals surface area contributed by atoms with Gasteiger partial charge in [0.05, 0.1) is 6.04 Å². The Hall–Kier alpha value is -1.07. The van der Waals surface area contributed by atoms with Crippen LogP contribution in [-0.2, 0) is 0 Å². The van der Waals surface area contributed by atoms with Gasteiger partial charge in [0.25, 0.3) is 0 Å². The Kier molecular flexibility index (Phi) is 6.05. The molecule has 0 spiro atoms. The van der Waals surface area contributed by atoms with Gasteiger partial charge in [-0.25, -0.2) is 4.79 Å². The summed E-state index contributed by atoms with van der Waals surface area (Å²) in [5, 5.41) is 5.51. The topological polar surface area (TPSA) is 35.6 Å². The molecule has 1 saturated heterocycles. The second-order valence-corrected chi connectivity index (χ2v) is 9.46. The molecule has 0 radical (unpaired) electrons. The molecule has 25 heavy (non-hydrogen) atoms. The van der Waals surface area contributed by atoms with Crippen LogP contribution >= 0.6 is 11.3 Å². The fraction of sp³-hybridized carbons (Fsp3) is 0.750. The van der Waals surface area contributed by atoms with Crippen LogP contribution in [0.1, 0.15) is 63.8 Å². The first kappa shape index (κ1) is 18.7. The number of hydrogen-bond donors (Lipinski definition) is 1. The lowest BCUT2D eigenvalue weighted by atomic mass is 9.97. The molecule has 1 aliphatic carbocycles. The van der Waals surface area contributed by atoms with Gasteiger partial charge in [-0.3, -0.25) is 4.90 Å². The van der Waals surface area contributed by atoms with Crippen molar-refractivity contribution in [1.82, 2.24) is 15.1 Å². The average molecular weight is 364 g/mol. The van der Waals surface area contributed by atoms with E-state index in [2.05, 4.69) is 48.5 Å². The van der Waals surface area contributed by atoms with Gasteiger partial charge in [-0.1, -0.05) is 18.9 Å². The van der Waals surface area contributed by atoms with Crippen molar-refractivity contribution < 1.29 is 4.79 Å². The summed E-state index contributed by atoms with van der Waals surface area (Å²) in [5.74, 6) is 0.598. The molecule has 1 atom stereocenters. The molecule has 4 nitrogen and oxygen atoms in total. The minimum absolute atomic E-state index is 0.126. The second-order valence-electron chi connectivity index (χ2n) is 8.49. The summed E-state index contributed by atoms with van der Waals surface area (Å²) in [7, 11) is 0. The number of rotatable bonds is 3. The monoisotopic (exact) mass is 363 g/mol. The van der Waals surface area contributed by atoms with E-state index in [9.17, 15) is 4.79 Å². The lowest BCUT2D eigenvalue weighted by molar-refractivity contribution is 0.140. The van der Waals surface area contributed by atoms with Crippen molar-refractivity contribution in [2.24, 2.45) is 5.92 Å². The highest BCUT2D eigenvalue weighted by Gasteiger charge is 2.31. The van der Waals surface area contributed by atoms with Crippen LogP contribution in [0.4, 0.5) is 4.79 Å². The number of amides is 2. The lowest BCUT2D eigenvalue weighted by Gasteiger charge is -2.34. The third-order valence-corrected chi connectivity index (χ3v) is 6.69. The SMILES string of the molecule is CC(C)(C)N1CCCN(C(=O)NC(c2cccs2)C2CCCC2)CC1. The van der Waals surface area contributed by atoms with E-state index in [0.29, 0.717) is 5.92 Å². The zero-order valence-electron chi connectivity index (χ0n) is 16.0. The summed E-state index contributed by atoms with van der Waals surface area (Å²) < 4.78 is 0. The molecule has 2 amide bonds. The minimum Gasteiger partial charge on any atom is -0.330 e. The highest BCUT2D eigenvalue weighted by molar-refractivity contribution is 7.10. The maximum Gasteiger partial charge on any atom is 0.317 e. The van der Waals surface area contributed by atoms with E-state index in [-0.39, 0.29) is 17.6 Å². The van der Waals surface area contributed by atoms with Crippen LogP contribution in [0.3, 0.4) is 0 Å². The zero-order chi connectivity index (χ0) is 17.9. The maximum atomic E-state index is 13.0. The molecular weight excluding hydrogens is 330 g/mol. The van der Waals surface area contributed by atoms with Gasteiger partial charge in [0.1, 0.15) is 0 Å². The highest BCUT2D eigenvalue weighted by atomic mass is 32.1. The number of thiophene rings is 1. The third kappa shape index (κ3) is 4.76. The summed E-state index contributed by atoms with van der Waals surface area (Å²) >= 11 is 1.77. The van der Waals surface area contributed by atoms with Crippen molar-refractivity contribution in [3.63, 3.8) is 0 Å². The first-order valence-electron chi connectivity index (χ1n) is 9.79. The smallest absolute Gasteiger partial charge is 0.317 e. The molecule has 1 aromatic heterocycles. The zero-order valence-corrected chi connectivity index (χ0v) is 16.8. The standard InChI is InChI=1S/C20H33N3OS/c1-20(2,3)23-12-7-11-22(13-14-23)19(24)21-18(16-8-4-5-9-16)17-10-6-15-25-17/h6,10,15-16,18H,4-5,7-9,11-14H2,1-3H3,(H,21,24). The van der Waals surface area contributed by atoms with Crippen molar-refractivity contribution in [2.45, 2.75) is 64.5 Å². The maximum absolute atomic E-state index is 13.0. The van der Waals surface area contributed by atoms with Crippen LogP contribution in [-0.4, -0.2) is 47.5 Å². The molecule has 0 bridgehead atoms. The first-order valence-corrected chi connectivity index (χ1v) is 10.7. The van der Waals surface area contributed by atoms with E-state index < -0.39 is 0 Å². The molecule has 2 heterocycles. The predicted molar refractivity (Wildman–Crippen MR) is 105 cm³/mol. The van der Waals surface area contributed by atoms with Crippen LogP contribution in [0.5, 0.6) is 0 Å². The Labute approximate surface area is 156 Å². The van der Waals surface area contributed by atoms with Gasteiger partial charge >= 0.3 is 6.03 Å². The van der Waals surface area contributed by atoms with Gasteiger partial charge in [0, 0.05) is 36.6 Å². The van der Waals surface area contributed by atoms with Crippen LogP contribution < -0.4 is 5.32 Å². The van der Waals surface area contributed by atoms with Crippen molar-refractivity contribution in [3.8, 4) is 0 Å². The summed E-state index contributed by atoms with van der Waals surface area (Å²) in [6.07, 6.45) is 6.12. The number of nitrogens with one attached hydrogen (secondary N) is 1. The number of hydrogen-bond acceptors (Lipinski definition) is 3. The molecule has 140 valence electrons. The number of urea groups is 1. The number of carbonyl (C=O) groups is 1. The molecular formula is C20H33N3OS. The Morgan fingerprint density at radius 2 is 1.92 bits per heavy atom. The average Bonchev–Trinajstić information content (AvgIpc) is 3.21. The van der Waals surface area contributed by atoms with E-state index in [4.69, 9.17) is 0 Å². The molecule has 1 saturated carbocycles. The van der Waals surface area contributed by atoms with Crippen molar-refractivity contribution in [1.29, 1.82) is 0 Å². The minimum atomic E-state index is 0.126. The predicted octanol–water partition coefficient (Wildman–Crippen LogP) is 4.50. The molecule has 0 aromatic carbocycles. The fourth-order valence-corrected chi connectivity index (χ4v) is 5.07. The lowest BCUT2D eigenvalue weighted by Crippen LogP contribution is -2.46. The van der Waals surface area contributed by atoms with E-state index in [1.54, 1.807) is 11.3 Å². The van der Waals surface area contributed by atoms with Crippen molar-refractivity contribution in [3.05, 3.63) is 22.4 Å². The number of carbonyl (C=O) groups excluding carboxylic acids is 1. The van der Waals surface area contributed by atoms with Gasteiger partial charge in [0.15, 0.2) is 0 Å². The Bertz CT molecular complexity index is 546. The summed E-state index contributed by atoms with van der Waals surface area (Å²) in [5.41, 5.74) is 0.176. The normalized spacial score (nSPS) is 22.0. The van der Waals surface area contributed by atoms with Crippen LogP contribution in [0, 0.1) is 5.92 Å². The molecule has 5 heteroatoms. The van der Waals surface area contributed by atoms with Gasteiger partial charge < -0.3 is 10.2 Å². The quantitative estimate of drug-likeness (QED) is 0.858. The Balaban J connectivity index is 1.63. The molecule has 1 unspecified atom stereocenters. The first-order chi connectivity index (χ1) is 11.9. The fourth-order valence-electron chi connectivity index (χ4n) is 4.20. The van der Waals surface area contributed by atoms with E-state index >= 15 is 0 Å². The van der Waals surface area contributed by atoms with Crippen molar-refractivity contribution in [2.75, 3.05) is 26.2 Å². The molecule has 3 rings (SSSR count). The van der Waals surface area contributed by atoms with Gasteiger partial charge in [-0.15, -0.1) is 11.3 Å². The van der Waals surface area contributed by atoms with E-state index in [1.165, 1.54) is 30.6 Å². The second kappa shape index (κ2) is 8.09. The van der Waals surface area contributed by atoms with Crippen LogP contribution in [0.2, 0.25) is 0 Å². The molecule has 1 aromatic rings. The third-order valence-electron chi connectivity index (χ3n) is 5.73. The molecule has 2 fully saturated rings. The van der Waals surface area contributed by atoms with E-state index in [0.717, 1.165) is 32.6 Å². The highest BCUT2D eigenvalue weighted by Crippen LogP contribution is 2.37. The van der Waals surface area contributed by atoms with Crippen molar-refractivity contribution >= 4 is 17.4 Å². The molecule has 2 aliphatic rings. The summed E-state index contributed by atoms with van der Waals surface area (Å²) in [6.45, 7) is 10.5. The summed E-state index contributed by atoms with van der Waals surface area (Å²) in [6, 6.07) is 4.59. The van der Waals surface area contributed by atoms with Crippen LogP contribution in [0.25, 0.3) is 0 Å². The Morgan fingerprint density at radius 1 is 1.16 bits per heavy atom. The molecule has 1 N–H and O–H groups in total. The number of nitrogens with zero attached hydrogens (tertiary/aromatic N) is 2. The van der Waals surface area contributed by atoms with Gasteiger partial charge in [-0.05, 0) is 57.4 Å². The van der Waals surface area contributed by atoms with Crippen LogP contribution in [0.15, 0.2) is 17.5 Å².